The minimum absolute atomic E-state index is 1.06. The molecule has 0 aliphatic rings. The Bertz CT molecular complexity index is 680. The van der Waals surface area contributed by atoms with E-state index in [1.807, 2.05) is 0 Å². The molecule has 0 aliphatic heterocycles. The van der Waals surface area contributed by atoms with Crippen LogP contribution in [0.2, 0.25) is 0 Å². The van der Waals surface area contributed by atoms with Gasteiger partial charge in [0.25, 0.3) is 0 Å². The Morgan fingerprint density at radius 1 is 1.62 bits per heavy atom. The van der Waals surface area contributed by atoms with E-state index in [0.717, 1.165) is 0 Å². The molecule has 5 heteroatoms. The van der Waals surface area contributed by atoms with Crippen LogP contribution in [0.3, 0.4) is 0 Å². The lowest BCUT2D eigenvalue weighted by Gasteiger charge is -2.01. The second-order valence-corrected chi connectivity index (χ2v) is 2.86. The van der Waals surface area contributed by atoms with Crippen molar-refractivity contribution in [1.29, 1.82) is 0 Å². The van der Waals surface area contributed by atoms with Crippen molar-refractivity contribution >= 4 is 10.4 Å². The molecule has 0 saturated carbocycles. The molecule has 1 aromatic carbocycles. The minimum Gasteiger partial charge on any atom is -0.362 e. The first-order valence-electron chi connectivity index (χ1n) is 7.39. The molecule has 0 spiro atoms. The van der Waals surface area contributed by atoms with Crippen molar-refractivity contribution in [3.8, 4) is 5.75 Å². The van der Waals surface area contributed by atoms with Gasteiger partial charge in [0.15, 0.2) is 0 Å². The summed E-state index contributed by atoms with van der Waals surface area (Å²) in [5.74, 6) is -1.16. The molecule has 1 aromatic rings. The Hall–Kier alpha value is -1.07. The number of hydrogen-bond donors (Lipinski definition) is 1. The number of rotatable bonds is 3. The molecule has 0 fully saturated rings. The van der Waals surface area contributed by atoms with Crippen LogP contribution in [0.15, 0.2) is 24.2 Å². The van der Waals surface area contributed by atoms with Crippen LogP contribution in [-0.4, -0.2) is 13.0 Å². The third-order valence-electron chi connectivity index (χ3n) is 0.916. The van der Waals surface area contributed by atoms with Crippen LogP contribution in [-0.2, 0) is 16.8 Å². The van der Waals surface area contributed by atoms with Crippen molar-refractivity contribution in [3.05, 3.63) is 29.7 Å². The normalized spacial score (nSPS) is 23.3. The maximum Gasteiger partial charge on any atom is 0.446 e. The van der Waals surface area contributed by atoms with Gasteiger partial charge in [-0.05, 0) is 24.0 Å². The average Bonchev–Trinajstić information content (AvgIpc) is 2.29. The molecule has 0 saturated heterocycles. The first-order chi connectivity index (χ1) is 9.61. The van der Waals surface area contributed by atoms with Crippen LogP contribution >= 0.6 is 0 Å². The minimum atomic E-state index is -5.14. The monoisotopic (exact) mass is 211 g/mol. The highest BCUT2D eigenvalue weighted by atomic mass is 32.3. The Balaban J connectivity index is 3.75. The van der Waals surface area contributed by atoms with Gasteiger partial charge in [-0.2, -0.15) is 8.42 Å². The van der Waals surface area contributed by atoms with Crippen molar-refractivity contribution < 1.29 is 29.5 Å². The van der Waals surface area contributed by atoms with Gasteiger partial charge in [-0.15, -0.1) is 0 Å². The molecular formula is C8H10O4S. The predicted octanol–water partition coefficient (Wildman–Crippen LogP) is 1.43. The number of hydrogen-bond acceptors (Lipinski definition) is 3. The molecule has 0 aliphatic carbocycles. The third-order valence-corrected chi connectivity index (χ3v) is 1.29. The lowest BCUT2D eigenvalue weighted by atomic mass is 10.2. The van der Waals surface area contributed by atoms with Crippen molar-refractivity contribution in [2.45, 2.75) is 13.2 Å². The summed E-state index contributed by atoms with van der Waals surface area (Å²) in [6.07, 6.45) is -3.22. The molecule has 0 unspecified atom stereocenters. The maximum absolute atomic E-state index is 10.6. The Morgan fingerprint density at radius 2 is 2.23 bits per heavy atom. The van der Waals surface area contributed by atoms with Gasteiger partial charge in [-0.25, -0.2) is 0 Å². The van der Waals surface area contributed by atoms with Gasteiger partial charge in [0.2, 0.25) is 0 Å². The lowest BCUT2D eigenvalue weighted by Crippen LogP contribution is -2.06. The Labute approximate surface area is 89.8 Å². The first kappa shape index (κ1) is 3.25. The van der Waals surface area contributed by atoms with Gasteiger partial charge >= 0.3 is 10.4 Å². The zero-order valence-corrected chi connectivity index (χ0v) is 6.90. The average molecular weight is 211 g/mol. The Kier molecular flexibility index (Phi) is 0.941. The fourth-order valence-electron chi connectivity index (χ4n) is 0.511. The van der Waals surface area contributed by atoms with E-state index in [4.69, 9.17) is 16.9 Å². The van der Waals surface area contributed by atoms with Crippen LogP contribution in [0.25, 0.3) is 0 Å². The van der Waals surface area contributed by atoms with Gasteiger partial charge < -0.3 is 4.18 Å². The van der Waals surface area contributed by atoms with Gasteiger partial charge in [0, 0.05) is 6.85 Å². The van der Waals surface area contributed by atoms with Gasteiger partial charge in [-0.1, -0.05) is 18.9 Å². The fraction of sp³-hybridized carbons (Fsp3) is 0.250. The zero-order chi connectivity index (χ0) is 17.7. The highest BCUT2D eigenvalue weighted by Crippen LogP contribution is 2.13. The van der Waals surface area contributed by atoms with E-state index in [2.05, 4.69) is 4.18 Å². The molecule has 0 bridgehead atoms. The van der Waals surface area contributed by atoms with Crippen molar-refractivity contribution in [2.24, 2.45) is 0 Å². The van der Waals surface area contributed by atoms with Crippen LogP contribution in [0.5, 0.6) is 5.75 Å². The molecule has 72 valence electrons. The van der Waals surface area contributed by atoms with Crippen molar-refractivity contribution in [3.63, 3.8) is 0 Å². The van der Waals surface area contributed by atoms with Gasteiger partial charge in [0.1, 0.15) is 5.75 Å². The lowest BCUT2D eigenvalue weighted by molar-refractivity contribution is 0.387. The smallest absolute Gasteiger partial charge is 0.362 e. The number of benzene rings is 1. The summed E-state index contributed by atoms with van der Waals surface area (Å²) in [6, 6.07) is -4.52. The maximum atomic E-state index is 10.6. The highest BCUT2D eigenvalue weighted by molar-refractivity contribution is 7.81. The molecule has 0 radical (unpaired) electrons. The van der Waals surface area contributed by atoms with Gasteiger partial charge in [-0.3, -0.25) is 4.55 Å². The molecule has 0 aromatic heterocycles. The van der Waals surface area contributed by atoms with Crippen LogP contribution in [0.1, 0.15) is 24.8 Å². The fourth-order valence-corrected chi connectivity index (χ4v) is 0.804. The van der Waals surface area contributed by atoms with Gasteiger partial charge in [0.05, 0.1) is 5.48 Å². The third kappa shape index (κ3) is 3.43. The second-order valence-electron chi connectivity index (χ2n) is 1.84. The van der Waals surface area contributed by atoms with E-state index in [1.165, 1.54) is 0 Å². The highest BCUT2D eigenvalue weighted by Gasteiger charge is 2.05. The van der Waals surface area contributed by atoms with Crippen LogP contribution in [0.4, 0.5) is 0 Å². The predicted molar refractivity (Wildman–Crippen MR) is 48.0 cm³/mol. The largest absolute Gasteiger partial charge is 0.446 e. The van der Waals surface area contributed by atoms with Crippen molar-refractivity contribution in [2.75, 3.05) is 0 Å². The molecule has 0 heterocycles. The van der Waals surface area contributed by atoms with E-state index in [-0.39, 0.29) is 0 Å². The first-order valence-corrected chi connectivity index (χ1v) is 4.25. The summed E-state index contributed by atoms with van der Waals surface area (Å²) < 4.78 is 100. The van der Waals surface area contributed by atoms with E-state index in [9.17, 15) is 8.42 Å². The van der Waals surface area contributed by atoms with E-state index >= 15 is 0 Å². The summed E-state index contributed by atoms with van der Waals surface area (Å²) >= 11 is 0. The van der Waals surface area contributed by atoms with E-state index < -0.39 is 59.1 Å². The Morgan fingerprint density at radius 3 is 2.69 bits per heavy atom. The van der Waals surface area contributed by atoms with E-state index in [1.54, 1.807) is 0 Å². The molecular weight excluding hydrogens is 192 g/mol. The molecule has 1 N–H and O–H groups in total. The van der Waals surface area contributed by atoms with Crippen LogP contribution in [0, 0.1) is 0 Å². The summed E-state index contributed by atoms with van der Waals surface area (Å²) in [4.78, 5) is 0. The molecule has 0 atom stereocenters. The molecule has 1 rings (SSSR count). The van der Waals surface area contributed by atoms with Crippen molar-refractivity contribution in [1.82, 2.24) is 0 Å². The van der Waals surface area contributed by atoms with Crippen LogP contribution < -0.4 is 4.18 Å². The summed E-state index contributed by atoms with van der Waals surface area (Å²) in [5, 5.41) is 0. The quantitative estimate of drug-likeness (QED) is 0.768. The second kappa shape index (κ2) is 3.76. The zero-order valence-electron chi connectivity index (χ0n) is 15.1. The summed E-state index contributed by atoms with van der Waals surface area (Å²) in [6.45, 7) is -3.29. The SMILES string of the molecule is [2H]c1c([2H])c(C([2H])([2H])C([2H])([2H])[2H])c([2H])c([2H])c1OS(=O)(=O)O. The molecule has 13 heavy (non-hydrogen) atoms. The molecule has 4 nitrogen and oxygen atoms in total. The topological polar surface area (TPSA) is 63.6 Å². The standard InChI is InChI=1S/C8H10O4S/c1-2-7-3-5-8(6-4-7)12-13(9,10)11/h3-6H,2H2,1H3,(H,9,10,11)/i1D3,2D2,3D,4D,5D,6D. The summed E-state index contributed by atoms with van der Waals surface area (Å²) in [7, 11) is -5.14. The van der Waals surface area contributed by atoms with E-state index in [0.29, 0.717) is 0 Å². The summed E-state index contributed by atoms with van der Waals surface area (Å²) in [5.41, 5.74) is -1.06. The molecule has 0 amide bonds.